The largest absolute Gasteiger partial charge is 0.366 e. The molecule has 25 heavy (non-hydrogen) atoms. The van der Waals surface area contributed by atoms with E-state index in [1.54, 1.807) is 55.2 Å². The van der Waals surface area contributed by atoms with Gasteiger partial charge in [-0.25, -0.2) is 9.97 Å². The fourth-order valence-electron chi connectivity index (χ4n) is 2.49. The second-order valence-electron chi connectivity index (χ2n) is 5.56. The van der Waals surface area contributed by atoms with Gasteiger partial charge in [0.25, 0.3) is 0 Å². The van der Waals surface area contributed by atoms with Crippen LogP contribution in [0.1, 0.15) is 17.3 Å². The lowest BCUT2D eigenvalue weighted by atomic mass is 10.1. The van der Waals surface area contributed by atoms with Crippen molar-refractivity contribution in [2.24, 2.45) is 5.73 Å². The van der Waals surface area contributed by atoms with Crippen molar-refractivity contribution in [2.45, 2.75) is 13.0 Å². The van der Waals surface area contributed by atoms with Gasteiger partial charge in [-0.05, 0) is 19.1 Å². The number of carbonyl (C=O) groups is 2. The Balaban J connectivity index is 2.07. The molecule has 2 heterocycles. The highest BCUT2D eigenvalue weighted by atomic mass is 16.2. The number of amides is 2. The van der Waals surface area contributed by atoms with Crippen molar-refractivity contribution in [1.29, 1.82) is 0 Å². The highest BCUT2D eigenvalue weighted by molar-refractivity contribution is 5.94. The predicted octanol–water partition coefficient (Wildman–Crippen LogP) is 1.04. The molecule has 0 aliphatic carbocycles. The molecule has 1 aromatic carbocycles. The molecule has 0 aliphatic rings. The zero-order valence-corrected chi connectivity index (χ0v) is 13.9. The van der Waals surface area contributed by atoms with Crippen LogP contribution in [-0.2, 0) is 4.79 Å². The quantitative estimate of drug-likeness (QED) is 0.643. The number of hydrogen-bond donors (Lipinski definition) is 3. The summed E-state index contributed by atoms with van der Waals surface area (Å²) in [6.45, 7) is 1.74. The molecule has 0 saturated carbocycles. The van der Waals surface area contributed by atoms with E-state index in [-0.39, 0.29) is 5.91 Å². The molecule has 0 saturated heterocycles. The number of rotatable bonds is 5. The smallest absolute Gasteiger partial charge is 0.248 e. The number of aromatic nitrogens is 3. The molecule has 8 nitrogen and oxygen atoms in total. The van der Waals surface area contributed by atoms with Gasteiger partial charge in [-0.15, -0.1) is 0 Å². The van der Waals surface area contributed by atoms with E-state index in [4.69, 9.17) is 5.73 Å². The number of fused-ring (bicyclic) bond motifs is 1. The third-order valence-corrected chi connectivity index (χ3v) is 3.81. The van der Waals surface area contributed by atoms with Crippen molar-refractivity contribution in [1.82, 2.24) is 19.7 Å². The first-order chi connectivity index (χ1) is 12.0. The minimum Gasteiger partial charge on any atom is -0.366 e. The number of anilines is 1. The summed E-state index contributed by atoms with van der Waals surface area (Å²) in [7, 11) is 1.57. The highest BCUT2D eigenvalue weighted by Crippen LogP contribution is 2.23. The molecule has 128 valence electrons. The Morgan fingerprint density at radius 3 is 2.84 bits per heavy atom. The molecule has 2 aromatic heterocycles. The van der Waals surface area contributed by atoms with Crippen LogP contribution in [0.5, 0.6) is 0 Å². The highest BCUT2D eigenvalue weighted by Gasteiger charge is 2.16. The maximum absolute atomic E-state index is 11.8. The van der Waals surface area contributed by atoms with Crippen LogP contribution in [0.3, 0.4) is 0 Å². The average molecular weight is 338 g/mol. The maximum Gasteiger partial charge on any atom is 0.248 e. The van der Waals surface area contributed by atoms with Crippen molar-refractivity contribution in [3.63, 3.8) is 0 Å². The van der Waals surface area contributed by atoms with Crippen LogP contribution in [0.4, 0.5) is 5.82 Å². The Hall–Kier alpha value is -3.42. The van der Waals surface area contributed by atoms with Crippen LogP contribution in [0.15, 0.2) is 42.9 Å². The number of primary amides is 1. The number of likely N-dealkylation sites (N-methyl/N-ethyl adjacent to an activating group) is 1. The number of hydrogen-bond acceptors (Lipinski definition) is 5. The fraction of sp³-hybridized carbons (Fsp3) is 0.176. The molecule has 8 heteroatoms. The second-order valence-corrected chi connectivity index (χ2v) is 5.56. The van der Waals surface area contributed by atoms with Gasteiger partial charge in [0.1, 0.15) is 6.04 Å². The topological polar surface area (TPSA) is 114 Å². The van der Waals surface area contributed by atoms with Gasteiger partial charge in [0.2, 0.25) is 11.8 Å². The molecule has 0 spiro atoms. The summed E-state index contributed by atoms with van der Waals surface area (Å²) in [5.74, 6) is -0.187. The molecule has 3 aromatic rings. The van der Waals surface area contributed by atoms with Crippen LogP contribution in [0.25, 0.3) is 16.9 Å². The Morgan fingerprint density at radius 2 is 2.12 bits per heavy atom. The standard InChI is InChI=1S/C17H18N6O2/c1-10(17(25)19-2)21-15-16-20-6-7-23(16)9-13(22-15)11-4-3-5-12(8-11)14(18)24/h3-10H,1-2H3,(H2,18,24)(H,19,25)(H,21,22). The summed E-state index contributed by atoms with van der Waals surface area (Å²) >= 11 is 0. The first-order valence-corrected chi connectivity index (χ1v) is 7.71. The van der Waals surface area contributed by atoms with Crippen LogP contribution in [0.2, 0.25) is 0 Å². The van der Waals surface area contributed by atoms with E-state index in [0.29, 0.717) is 22.7 Å². The lowest BCUT2D eigenvalue weighted by Gasteiger charge is -2.15. The van der Waals surface area contributed by atoms with Crippen LogP contribution >= 0.6 is 0 Å². The average Bonchev–Trinajstić information content (AvgIpc) is 3.09. The first kappa shape index (κ1) is 16.4. The van der Waals surface area contributed by atoms with Crippen molar-refractivity contribution in [3.8, 4) is 11.3 Å². The van der Waals surface area contributed by atoms with E-state index >= 15 is 0 Å². The number of benzene rings is 1. The van der Waals surface area contributed by atoms with E-state index in [0.717, 1.165) is 5.56 Å². The van der Waals surface area contributed by atoms with Gasteiger partial charge >= 0.3 is 0 Å². The Kier molecular flexibility index (Phi) is 4.34. The molecule has 2 amide bonds. The lowest BCUT2D eigenvalue weighted by Crippen LogP contribution is -2.35. The normalized spacial score (nSPS) is 11.9. The number of nitrogens with zero attached hydrogens (tertiary/aromatic N) is 3. The number of carbonyl (C=O) groups excluding carboxylic acids is 2. The van der Waals surface area contributed by atoms with Gasteiger partial charge in [0, 0.05) is 36.8 Å². The molecule has 0 radical (unpaired) electrons. The van der Waals surface area contributed by atoms with Gasteiger partial charge in [-0.2, -0.15) is 0 Å². The molecule has 0 fully saturated rings. The Bertz CT molecular complexity index is 949. The molecule has 1 atom stereocenters. The predicted molar refractivity (Wildman–Crippen MR) is 94.1 cm³/mol. The van der Waals surface area contributed by atoms with Gasteiger partial charge in [0.15, 0.2) is 11.5 Å². The molecule has 4 N–H and O–H groups in total. The Labute approximate surface area is 144 Å². The number of nitrogens with two attached hydrogens (primary N) is 1. The van der Waals surface area contributed by atoms with E-state index in [2.05, 4.69) is 20.6 Å². The number of nitrogens with one attached hydrogen (secondary N) is 2. The van der Waals surface area contributed by atoms with Crippen molar-refractivity contribution in [2.75, 3.05) is 12.4 Å². The summed E-state index contributed by atoms with van der Waals surface area (Å²) in [4.78, 5) is 32.0. The summed E-state index contributed by atoms with van der Waals surface area (Å²) in [6.07, 6.45) is 5.24. The molecular weight excluding hydrogens is 320 g/mol. The summed E-state index contributed by atoms with van der Waals surface area (Å²) in [5, 5.41) is 5.66. The van der Waals surface area contributed by atoms with E-state index in [1.807, 2.05) is 6.07 Å². The minimum atomic E-state index is -0.503. The third-order valence-electron chi connectivity index (χ3n) is 3.81. The summed E-state index contributed by atoms with van der Waals surface area (Å²) < 4.78 is 1.80. The summed E-state index contributed by atoms with van der Waals surface area (Å²) in [6, 6.07) is 6.43. The molecular formula is C17H18N6O2. The van der Waals surface area contributed by atoms with Gasteiger partial charge in [-0.1, -0.05) is 12.1 Å². The van der Waals surface area contributed by atoms with Crippen LogP contribution in [-0.4, -0.2) is 39.3 Å². The van der Waals surface area contributed by atoms with Crippen LogP contribution < -0.4 is 16.4 Å². The van der Waals surface area contributed by atoms with Gasteiger partial charge in [-0.3, -0.25) is 9.59 Å². The molecule has 0 bridgehead atoms. The van der Waals surface area contributed by atoms with E-state index in [1.165, 1.54) is 0 Å². The van der Waals surface area contributed by atoms with E-state index < -0.39 is 11.9 Å². The lowest BCUT2D eigenvalue weighted by molar-refractivity contribution is -0.121. The molecule has 1 unspecified atom stereocenters. The first-order valence-electron chi connectivity index (χ1n) is 7.71. The van der Waals surface area contributed by atoms with Crippen molar-refractivity contribution in [3.05, 3.63) is 48.4 Å². The third kappa shape index (κ3) is 3.27. The second kappa shape index (κ2) is 6.60. The SMILES string of the molecule is CNC(=O)C(C)Nc1nc(-c2cccc(C(N)=O)c2)cn2ccnc12. The van der Waals surface area contributed by atoms with Crippen LogP contribution in [0, 0.1) is 0 Å². The number of imidazole rings is 1. The summed E-state index contributed by atoms with van der Waals surface area (Å²) in [5.41, 5.74) is 7.72. The monoisotopic (exact) mass is 338 g/mol. The zero-order valence-electron chi connectivity index (χ0n) is 13.9. The van der Waals surface area contributed by atoms with Crippen molar-refractivity contribution < 1.29 is 9.59 Å². The van der Waals surface area contributed by atoms with Gasteiger partial charge < -0.3 is 20.8 Å². The zero-order chi connectivity index (χ0) is 18.0. The maximum atomic E-state index is 11.8. The Morgan fingerprint density at radius 1 is 1.32 bits per heavy atom. The van der Waals surface area contributed by atoms with Gasteiger partial charge in [0.05, 0.1) is 5.69 Å². The van der Waals surface area contributed by atoms with E-state index in [9.17, 15) is 9.59 Å². The molecule has 3 rings (SSSR count). The molecule has 0 aliphatic heterocycles. The fourth-order valence-corrected chi connectivity index (χ4v) is 2.49. The van der Waals surface area contributed by atoms with Crippen molar-refractivity contribution >= 4 is 23.3 Å². The minimum absolute atomic E-state index is 0.160.